The molecule has 0 aliphatic carbocycles. The lowest BCUT2D eigenvalue weighted by molar-refractivity contribution is 0.426. The average Bonchev–Trinajstić information content (AvgIpc) is 2.74. The lowest BCUT2D eigenvalue weighted by Crippen LogP contribution is -2.19. The van der Waals surface area contributed by atoms with Crippen LogP contribution in [0.2, 0.25) is 5.15 Å². The van der Waals surface area contributed by atoms with Crippen molar-refractivity contribution in [1.82, 2.24) is 14.1 Å². The number of hydrogen-bond donors (Lipinski definition) is 0. The Bertz CT molecular complexity index is 983. The fourth-order valence-corrected chi connectivity index (χ4v) is 2.68. The molecule has 2 aromatic heterocycles. The van der Waals surface area contributed by atoms with E-state index in [2.05, 4.69) is 4.98 Å². The summed E-state index contributed by atoms with van der Waals surface area (Å²) in [6, 6.07) is 7.72. The van der Waals surface area contributed by atoms with Crippen LogP contribution >= 0.6 is 11.6 Å². The average molecular weight is 336 g/mol. The van der Waals surface area contributed by atoms with Crippen molar-refractivity contribution in [2.24, 2.45) is 14.1 Å². The first-order chi connectivity index (χ1) is 10.9. The first-order valence-corrected chi connectivity index (χ1v) is 7.11. The maximum absolute atomic E-state index is 13.5. The van der Waals surface area contributed by atoms with E-state index in [-0.39, 0.29) is 22.0 Å². The molecule has 7 heteroatoms. The van der Waals surface area contributed by atoms with Gasteiger partial charge in [-0.1, -0.05) is 17.7 Å². The maximum atomic E-state index is 13.5. The number of aryl methyl sites for hydroxylation is 2. The maximum Gasteiger partial charge on any atom is 0.328 e. The van der Waals surface area contributed by atoms with Crippen LogP contribution in [0.25, 0.3) is 16.6 Å². The Hall–Kier alpha value is -2.47. The van der Waals surface area contributed by atoms with Gasteiger partial charge in [-0.25, -0.2) is 9.78 Å². The summed E-state index contributed by atoms with van der Waals surface area (Å²) < 4.78 is 29.9. The Morgan fingerprint density at radius 3 is 2.30 bits per heavy atom. The molecule has 23 heavy (non-hydrogen) atoms. The Balaban J connectivity index is 2.24. The van der Waals surface area contributed by atoms with E-state index in [1.54, 1.807) is 32.3 Å². The molecule has 0 atom stereocenters. The van der Waals surface area contributed by atoms with Gasteiger partial charge in [0.05, 0.1) is 16.6 Å². The van der Waals surface area contributed by atoms with Gasteiger partial charge in [0.25, 0.3) is 6.08 Å². The number of fused-ring (bicyclic) bond motifs is 1. The molecule has 3 aromatic rings. The van der Waals surface area contributed by atoms with E-state index in [1.807, 2.05) is 0 Å². The van der Waals surface area contributed by atoms with Crippen LogP contribution in [0.4, 0.5) is 8.78 Å². The number of imidazole rings is 1. The summed E-state index contributed by atoms with van der Waals surface area (Å²) in [6.07, 6.45) is -0.528. The van der Waals surface area contributed by atoms with Crippen LogP contribution in [-0.4, -0.2) is 14.1 Å². The first kappa shape index (κ1) is 15.4. The molecule has 0 radical (unpaired) electrons. The largest absolute Gasteiger partial charge is 0.328 e. The predicted molar refractivity (Wildman–Crippen MR) is 85.6 cm³/mol. The second kappa shape index (κ2) is 5.62. The van der Waals surface area contributed by atoms with Gasteiger partial charge in [0, 0.05) is 25.9 Å². The van der Waals surface area contributed by atoms with Gasteiger partial charge in [0.1, 0.15) is 5.15 Å². The molecule has 2 heterocycles. The van der Waals surface area contributed by atoms with Gasteiger partial charge in [0.2, 0.25) is 0 Å². The van der Waals surface area contributed by atoms with Crippen LogP contribution in [0, 0.1) is 0 Å². The lowest BCUT2D eigenvalue weighted by Gasteiger charge is -2.08. The summed E-state index contributed by atoms with van der Waals surface area (Å²) in [5.41, 5.74) is 1.38. The Morgan fingerprint density at radius 1 is 1.04 bits per heavy atom. The van der Waals surface area contributed by atoms with Gasteiger partial charge < -0.3 is 0 Å². The van der Waals surface area contributed by atoms with Crippen molar-refractivity contribution in [3.63, 3.8) is 0 Å². The predicted octanol–water partition coefficient (Wildman–Crippen LogP) is 3.58. The quantitative estimate of drug-likeness (QED) is 0.671. The van der Waals surface area contributed by atoms with Crippen LogP contribution in [0.15, 0.2) is 47.4 Å². The van der Waals surface area contributed by atoms with Crippen LogP contribution < -0.4 is 5.69 Å². The van der Waals surface area contributed by atoms with Crippen molar-refractivity contribution >= 4 is 28.2 Å². The van der Waals surface area contributed by atoms with Gasteiger partial charge in [0.15, 0.2) is 0 Å². The molecule has 0 unspecified atom stereocenters. The normalized spacial score (nSPS) is 11.0. The van der Waals surface area contributed by atoms with E-state index >= 15 is 0 Å². The zero-order valence-corrected chi connectivity index (χ0v) is 13.1. The molecule has 4 nitrogen and oxygen atoms in total. The fourth-order valence-electron chi connectivity index (χ4n) is 2.57. The van der Waals surface area contributed by atoms with E-state index in [0.29, 0.717) is 16.6 Å². The van der Waals surface area contributed by atoms with Crippen LogP contribution in [0.1, 0.15) is 11.1 Å². The van der Waals surface area contributed by atoms with E-state index in [9.17, 15) is 13.6 Å². The summed E-state index contributed by atoms with van der Waals surface area (Å²) >= 11 is 5.71. The van der Waals surface area contributed by atoms with E-state index in [4.69, 9.17) is 11.6 Å². The molecule has 0 fully saturated rings. The molecule has 0 aliphatic rings. The number of benzene rings is 1. The van der Waals surface area contributed by atoms with Crippen molar-refractivity contribution in [2.45, 2.75) is 0 Å². The molecular weight excluding hydrogens is 324 g/mol. The molecule has 0 saturated carbocycles. The number of halogens is 3. The van der Waals surface area contributed by atoms with Gasteiger partial charge >= 0.3 is 5.69 Å². The van der Waals surface area contributed by atoms with Gasteiger partial charge in [-0.05, 0) is 29.8 Å². The third-order valence-electron chi connectivity index (χ3n) is 3.77. The van der Waals surface area contributed by atoms with Crippen molar-refractivity contribution in [3.05, 3.63) is 69.4 Å². The van der Waals surface area contributed by atoms with Gasteiger partial charge in [-0.15, -0.1) is 0 Å². The Labute approximate surface area is 135 Å². The first-order valence-electron chi connectivity index (χ1n) is 6.73. The highest BCUT2D eigenvalue weighted by Gasteiger charge is 2.15. The van der Waals surface area contributed by atoms with Crippen molar-refractivity contribution in [3.8, 4) is 0 Å². The van der Waals surface area contributed by atoms with Crippen LogP contribution in [0.5, 0.6) is 0 Å². The summed E-state index contributed by atoms with van der Waals surface area (Å²) in [4.78, 5) is 15.8. The smallest absolute Gasteiger partial charge is 0.295 e. The highest BCUT2D eigenvalue weighted by molar-refractivity contribution is 6.29. The lowest BCUT2D eigenvalue weighted by atomic mass is 10.00. The second-order valence-electron chi connectivity index (χ2n) is 5.11. The molecule has 0 saturated heterocycles. The van der Waals surface area contributed by atoms with Crippen molar-refractivity contribution in [2.75, 3.05) is 0 Å². The SMILES string of the molecule is Cn1c(=O)n(C)c2cc(C(=C(F)F)c3ccc(Cl)nc3)ccc21. The topological polar surface area (TPSA) is 39.8 Å². The number of aromatic nitrogens is 3. The van der Waals surface area contributed by atoms with Gasteiger partial charge in [-0.3, -0.25) is 9.13 Å². The molecular formula is C16H12ClF2N3O. The Kier molecular flexibility index (Phi) is 3.77. The van der Waals surface area contributed by atoms with E-state index in [0.717, 1.165) is 0 Å². The minimum atomic E-state index is -1.82. The number of hydrogen-bond acceptors (Lipinski definition) is 2. The molecule has 1 aromatic carbocycles. The molecule has 0 N–H and O–H groups in total. The zero-order chi connectivity index (χ0) is 16.7. The minimum absolute atomic E-state index is 0.212. The summed E-state index contributed by atoms with van der Waals surface area (Å²) in [6.45, 7) is 0. The highest BCUT2D eigenvalue weighted by atomic mass is 35.5. The van der Waals surface area contributed by atoms with Gasteiger partial charge in [-0.2, -0.15) is 8.78 Å². The summed E-state index contributed by atoms with van der Waals surface area (Å²) in [7, 11) is 3.24. The minimum Gasteiger partial charge on any atom is -0.295 e. The number of rotatable bonds is 2. The molecule has 3 rings (SSSR count). The van der Waals surface area contributed by atoms with E-state index in [1.165, 1.54) is 27.5 Å². The summed E-state index contributed by atoms with van der Waals surface area (Å²) in [5, 5.41) is 0.230. The molecule has 0 bridgehead atoms. The number of nitrogens with zero attached hydrogens (tertiary/aromatic N) is 3. The fraction of sp³-hybridized carbons (Fsp3) is 0.125. The van der Waals surface area contributed by atoms with Crippen LogP contribution in [0.3, 0.4) is 0 Å². The van der Waals surface area contributed by atoms with Crippen LogP contribution in [-0.2, 0) is 14.1 Å². The number of pyridine rings is 1. The molecule has 0 amide bonds. The zero-order valence-electron chi connectivity index (χ0n) is 12.3. The third kappa shape index (κ3) is 2.55. The van der Waals surface area contributed by atoms with Crippen molar-refractivity contribution in [1.29, 1.82) is 0 Å². The molecule has 118 valence electrons. The standard InChI is InChI=1S/C16H12ClF2N3O/c1-21-11-5-3-9(7-12(11)22(2)16(21)23)14(15(18)19)10-4-6-13(17)20-8-10/h3-8H,1-2H3. The van der Waals surface area contributed by atoms with E-state index < -0.39 is 6.08 Å². The highest BCUT2D eigenvalue weighted by Crippen LogP contribution is 2.30. The van der Waals surface area contributed by atoms with Crippen molar-refractivity contribution < 1.29 is 8.78 Å². The Morgan fingerprint density at radius 2 is 1.70 bits per heavy atom. The second-order valence-corrected chi connectivity index (χ2v) is 5.50. The summed E-state index contributed by atoms with van der Waals surface area (Å²) in [5.74, 6) is 0. The molecule has 0 aliphatic heterocycles. The monoisotopic (exact) mass is 335 g/mol. The third-order valence-corrected chi connectivity index (χ3v) is 3.99. The molecule has 0 spiro atoms.